The highest BCUT2D eigenvalue weighted by Crippen LogP contribution is 2.50. The maximum absolute atomic E-state index is 13.3. The highest BCUT2D eigenvalue weighted by molar-refractivity contribution is 5.87. The van der Waals surface area contributed by atoms with E-state index in [4.69, 9.17) is 4.74 Å². The van der Waals surface area contributed by atoms with Crippen molar-refractivity contribution in [2.45, 2.75) is 57.3 Å². The van der Waals surface area contributed by atoms with Gasteiger partial charge in [0.05, 0.1) is 18.1 Å². The summed E-state index contributed by atoms with van der Waals surface area (Å²) in [6, 6.07) is 10.6. The van der Waals surface area contributed by atoms with Crippen molar-refractivity contribution in [2.24, 2.45) is 0 Å². The third kappa shape index (κ3) is 5.52. The van der Waals surface area contributed by atoms with Crippen LogP contribution in [-0.4, -0.2) is 59.7 Å². The topological polar surface area (TPSA) is 143 Å². The molecule has 39 heavy (non-hydrogen) atoms. The predicted molar refractivity (Wildman–Crippen MR) is 141 cm³/mol. The summed E-state index contributed by atoms with van der Waals surface area (Å²) in [7, 11) is 1.47. The number of aryl methyl sites for hydroxylation is 2. The number of rotatable bonds is 9. The van der Waals surface area contributed by atoms with E-state index in [0.29, 0.717) is 35.3 Å². The molecule has 1 amide bonds. The first kappa shape index (κ1) is 26.4. The van der Waals surface area contributed by atoms with Gasteiger partial charge in [-0.25, -0.2) is 19.0 Å². The number of aromatic nitrogens is 6. The Kier molecular flexibility index (Phi) is 6.91. The van der Waals surface area contributed by atoms with Gasteiger partial charge in [-0.05, 0) is 50.6 Å². The normalized spacial score (nSPS) is 21.3. The van der Waals surface area contributed by atoms with E-state index in [-0.39, 0.29) is 24.8 Å². The number of methoxy groups -OCH3 is 1. The molecule has 1 aliphatic carbocycles. The molecular weight excluding hydrogens is 503 g/mol. The van der Waals surface area contributed by atoms with Gasteiger partial charge in [0.2, 0.25) is 0 Å². The van der Waals surface area contributed by atoms with Crippen LogP contribution in [0.4, 0.5) is 16.0 Å². The van der Waals surface area contributed by atoms with Gasteiger partial charge in [-0.2, -0.15) is 10.2 Å². The summed E-state index contributed by atoms with van der Waals surface area (Å²) in [6.07, 6.45) is 2.92. The fourth-order valence-corrected chi connectivity index (χ4v) is 4.91. The first-order valence-corrected chi connectivity index (χ1v) is 12.6. The van der Waals surface area contributed by atoms with E-state index in [1.54, 1.807) is 12.1 Å². The largest absolute Gasteiger partial charge is 0.383 e. The zero-order valence-corrected chi connectivity index (χ0v) is 22.2. The zero-order valence-electron chi connectivity index (χ0n) is 22.2. The molecule has 0 saturated heterocycles. The van der Waals surface area contributed by atoms with Gasteiger partial charge in [-0.1, -0.05) is 6.07 Å². The van der Waals surface area contributed by atoms with Crippen LogP contribution in [0.5, 0.6) is 0 Å². The van der Waals surface area contributed by atoms with Crippen LogP contribution in [0.2, 0.25) is 0 Å². The van der Waals surface area contributed by atoms with Gasteiger partial charge < -0.3 is 20.5 Å². The Morgan fingerprint density at radius 2 is 2.03 bits per heavy atom. The number of ether oxygens (including phenoxy) is 1. The fraction of sp³-hybridized carbons (Fsp3) is 0.370. The van der Waals surface area contributed by atoms with Crippen molar-refractivity contribution >= 4 is 17.5 Å². The number of hydrogen-bond donors (Lipinski definition) is 4. The number of aliphatic hydroxyl groups is 1. The second-order valence-electron chi connectivity index (χ2n) is 10.2. The lowest BCUT2D eigenvalue weighted by Crippen LogP contribution is -2.64. The van der Waals surface area contributed by atoms with E-state index < -0.39 is 17.0 Å². The molecule has 1 aliphatic rings. The van der Waals surface area contributed by atoms with E-state index in [9.17, 15) is 14.3 Å². The molecule has 0 unspecified atom stereocenters. The van der Waals surface area contributed by atoms with Crippen LogP contribution < -0.4 is 10.6 Å². The van der Waals surface area contributed by atoms with Crippen molar-refractivity contribution in [2.75, 3.05) is 12.4 Å². The van der Waals surface area contributed by atoms with Gasteiger partial charge in [0.25, 0.3) is 5.91 Å². The summed E-state index contributed by atoms with van der Waals surface area (Å²) in [5.41, 5.74) is 0.470. The molecular formula is C27H31FN8O3. The van der Waals surface area contributed by atoms with Gasteiger partial charge in [-0.3, -0.25) is 9.89 Å². The van der Waals surface area contributed by atoms with Gasteiger partial charge in [0.1, 0.15) is 11.4 Å². The van der Waals surface area contributed by atoms with Crippen molar-refractivity contribution < 1.29 is 19.0 Å². The van der Waals surface area contributed by atoms with Crippen molar-refractivity contribution in [3.8, 4) is 5.82 Å². The number of aromatic amines is 1. The molecule has 0 radical (unpaired) electrons. The number of amides is 1. The van der Waals surface area contributed by atoms with E-state index in [2.05, 4.69) is 35.9 Å². The molecule has 4 aromatic rings. The number of nitrogens with zero attached hydrogens (tertiary/aromatic N) is 5. The standard InChI is InChI=1S/C27H31FN8O3/c1-16-8-21(32-22(9-16)33-23-11-18(3)34-35-23)26(38)14-27(15-26,39-4)25(37)30-17(2)10-20-6-5-7-24(31-20)36-13-19(28)12-29-36/h5-9,11-13,17,38H,10,14-15H2,1-4H3,(H,30,37)(H2,32,33,34,35)/t17-,26-,27-/m0/s1. The zero-order chi connectivity index (χ0) is 27.8. The minimum absolute atomic E-state index is 0.0606. The Labute approximate surface area is 224 Å². The summed E-state index contributed by atoms with van der Waals surface area (Å²) in [5, 5.41) is 28.5. The predicted octanol–water partition coefficient (Wildman–Crippen LogP) is 3.00. The molecule has 1 atom stereocenters. The second-order valence-corrected chi connectivity index (χ2v) is 10.2. The molecule has 204 valence electrons. The Balaban J connectivity index is 1.24. The van der Waals surface area contributed by atoms with Crippen LogP contribution in [0, 0.1) is 19.7 Å². The van der Waals surface area contributed by atoms with E-state index in [1.165, 1.54) is 18.0 Å². The SMILES string of the molecule is CO[C@]1(C(=O)N[C@@H](C)Cc2cccc(-n3cc(F)cn3)n2)C[C@](O)(c2cc(C)cc(Nc3cc(C)[nH]n3)n2)C1. The highest BCUT2D eigenvalue weighted by Gasteiger charge is 2.60. The van der Waals surface area contributed by atoms with Gasteiger partial charge in [0, 0.05) is 49.9 Å². The van der Waals surface area contributed by atoms with Crippen LogP contribution in [0.25, 0.3) is 5.82 Å². The molecule has 0 spiro atoms. The number of nitrogens with one attached hydrogen (secondary N) is 3. The van der Waals surface area contributed by atoms with Crippen molar-refractivity contribution in [1.82, 2.24) is 35.3 Å². The number of halogens is 1. The van der Waals surface area contributed by atoms with Crippen LogP contribution in [-0.2, 0) is 21.6 Å². The number of carbonyl (C=O) groups excluding carboxylic acids is 1. The number of H-pyrrole nitrogens is 1. The van der Waals surface area contributed by atoms with Gasteiger partial charge in [-0.15, -0.1) is 0 Å². The van der Waals surface area contributed by atoms with Crippen molar-refractivity contribution in [3.63, 3.8) is 0 Å². The van der Waals surface area contributed by atoms with Crippen LogP contribution in [0.3, 0.4) is 0 Å². The Hall–Kier alpha value is -4.16. The fourth-order valence-electron chi connectivity index (χ4n) is 4.91. The molecule has 4 aromatic heterocycles. The molecule has 5 rings (SSSR count). The molecule has 12 heteroatoms. The highest BCUT2D eigenvalue weighted by atomic mass is 19.1. The van der Waals surface area contributed by atoms with E-state index in [0.717, 1.165) is 17.5 Å². The van der Waals surface area contributed by atoms with Gasteiger partial charge >= 0.3 is 0 Å². The monoisotopic (exact) mass is 534 g/mol. The van der Waals surface area contributed by atoms with Gasteiger partial charge in [0.15, 0.2) is 23.1 Å². The number of pyridine rings is 2. The molecule has 4 heterocycles. The molecule has 1 saturated carbocycles. The lowest BCUT2D eigenvalue weighted by Gasteiger charge is -2.50. The summed E-state index contributed by atoms with van der Waals surface area (Å²) in [4.78, 5) is 22.4. The number of hydrogen-bond acceptors (Lipinski definition) is 8. The average Bonchev–Trinajstić information content (AvgIpc) is 3.49. The minimum atomic E-state index is -1.32. The first-order chi connectivity index (χ1) is 18.6. The van der Waals surface area contributed by atoms with E-state index in [1.807, 2.05) is 45.0 Å². The molecule has 11 nitrogen and oxygen atoms in total. The van der Waals surface area contributed by atoms with E-state index >= 15 is 0 Å². The summed E-state index contributed by atoms with van der Waals surface area (Å²) in [6.45, 7) is 5.68. The molecule has 1 fully saturated rings. The van der Waals surface area contributed by atoms with Crippen molar-refractivity contribution in [3.05, 3.63) is 77.3 Å². The smallest absolute Gasteiger partial charge is 0.252 e. The lowest BCUT2D eigenvalue weighted by atomic mass is 9.64. The van der Waals surface area contributed by atoms with Crippen LogP contribution >= 0.6 is 0 Å². The van der Waals surface area contributed by atoms with Crippen LogP contribution in [0.1, 0.15) is 42.4 Å². The van der Waals surface area contributed by atoms with Crippen LogP contribution in [0.15, 0.2) is 48.8 Å². The number of carbonyl (C=O) groups is 1. The molecule has 0 aliphatic heterocycles. The molecule has 0 bridgehead atoms. The molecule has 0 aromatic carbocycles. The Bertz CT molecular complexity index is 1490. The summed E-state index contributed by atoms with van der Waals surface area (Å²) < 4.78 is 20.3. The quantitative estimate of drug-likeness (QED) is 0.257. The summed E-state index contributed by atoms with van der Waals surface area (Å²) >= 11 is 0. The maximum atomic E-state index is 13.3. The lowest BCUT2D eigenvalue weighted by molar-refractivity contribution is -0.206. The summed E-state index contributed by atoms with van der Waals surface area (Å²) in [5.74, 6) is 0.882. The third-order valence-corrected chi connectivity index (χ3v) is 6.84. The number of anilines is 2. The average molecular weight is 535 g/mol. The first-order valence-electron chi connectivity index (χ1n) is 12.6. The van der Waals surface area contributed by atoms with Crippen molar-refractivity contribution in [1.29, 1.82) is 0 Å². The Morgan fingerprint density at radius 3 is 2.69 bits per heavy atom. The minimum Gasteiger partial charge on any atom is -0.383 e. The second kappa shape index (κ2) is 10.2. The molecule has 4 N–H and O–H groups in total. The third-order valence-electron chi connectivity index (χ3n) is 6.84. The maximum Gasteiger partial charge on any atom is 0.252 e. The Morgan fingerprint density at radius 1 is 1.23 bits per heavy atom.